The van der Waals surface area contributed by atoms with E-state index in [9.17, 15) is 10.2 Å². The normalized spacial score (nSPS) is 12.5. The van der Waals surface area contributed by atoms with Crippen molar-refractivity contribution in [3.05, 3.63) is 23.3 Å². The van der Waals surface area contributed by atoms with Crippen LogP contribution in [0.3, 0.4) is 0 Å². The van der Waals surface area contributed by atoms with Crippen molar-refractivity contribution < 1.29 is 15.3 Å². The number of hydrogen-bond acceptors (Lipinski definition) is 4. The van der Waals surface area contributed by atoms with Crippen LogP contribution in [0.2, 0.25) is 0 Å². The molecule has 4 N–H and O–H groups in total. The molecule has 0 aliphatic heterocycles. The van der Waals surface area contributed by atoms with Gasteiger partial charge in [0.1, 0.15) is 5.75 Å². The third kappa shape index (κ3) is 2.84. The van der Waals surface area contributed by atoms with E-state index in [0.717, 1.165) is 16.8 Å². The van der Waals surface area contributed by atoms with Crippen LogP contribution < -0.4 is 5.32 Å². The molecule has 0 bridgehead atoms. The fourth-order valence-electron chi connectivity index (χ4n) is 1.29. The highest BCUT2D eigenvalue weighted by molar-refractivity contribution is 5.57. The van der Waals surface area contributed by atoms with Crippen molar-refractivity contribution in [3.8, 4) is 5.75 Å². The Hall–Kier alpha value is -1.26. The number of anilines is 1. The summed E-state index contributed by atoms with van der Waals surface area (Å²) in [5.41, 5.74) is 2.62. The summed E-state index contributed by atoms with van der Waals surface area (Å²) in [5, 5.41) is 30.3. The van der Waals surface area contributed by atoms with Crippen molar-refractivity contribution >= 4 is 5.69 Å². The fourth-order valence-corrected chi connectivity index (χ4v) is 1.29. The predicted octanol–water partition coefficient (Wildman–Crippen LogP) is 0.774. The Morgan fingerprint density at radius 3 is 2.53 bits per heavy atom. The molecule has 1 aromatic rings. The fraction of sp³-hybridized carbons (Fsp3) is 0.455. The molecular weight excluding hydrogens is 194 g/mol. The van der Waals surface area contributed by atoms with Gasteiger partial charge in [0, 0.05) is 12.2 Å². The van der Waals surface area contributed by atoms with Gasteiger partial charge in [0.15, 0.2) is 0 Å². The molecule has 0 heterocycles. The standard InChI is InChI=1S/C11H17NO3/c1-7-8(2)11(15)4-3-10(7)12-5-9(14)6-13/h3-4,9,12-15H,5-6H2,1-2H3. The van der Waals surface area contributed by atoms with Gasteiger partial charge in [0.05, 0.1) is 12.7 Å². The summed E-state index contributed by atoms with van der Waals surface area (Å²) in [4.78, 5) is 0. The summed E-state index contributed by atoms with van der Waals surface area (Å²) in [7, 11) is 0. The van der Waals surface area contributed by atoms with Crippen LogP contribution in [0.15, 0.2) is 12.1 Å². The maximum absolute atomic E-state index is 9.43. The maximum Gasteiger partial charge on any atom is 0.118 e. The summed E-state index contributed by atoms with van der Waals surface area (Å²) < 4.78 is 0. The minimum atomic E-state index is -0.765. The number of benzene rings is 1. The quantitative estimate of drug-likeness (QED) is 0.555. The second kappa shape index (κ2) is 5.00. The van der Waals surface area contributed by atoms with Crippen LogP contribution in [-0.2, 0) is 0 Å². The van der Waals surface area contributed by atoms with Crippen molar-refractivity contribution in [1.29, 1.82) is 0 Å². The Balaban J connectivity index is 2.74. The lowest BCUT2D eigenvalue weighted by Crippen LogP contribution is -2.23. The molecule has 1 rings (SSSR count). The van der Waals surface area contributed by atoms with Crippen LogP contribution >= 0.6 is 0 Å². The second-order valence-corrected chi connectivity index (χ2v) is 3.60. The maximum atomic E-state index is 9.43. The Morgan fingerprint density at radius 1 is 1.27 bits per heavy atom. The topological polar surface area (TPSA) is 72.7 Å². The molecule has 0 aliphatic carbocycles. The third-order valence-electron chi connectivity index (χ3n) is 2.50. The smallest absolute Gasteiger partial charge is 0.118 e. The number of aromatic hydroxyl groups is 1. The summed E-state index contributed by atoms with van der Waals surface area (Å²) in [6.07, 6.45) is -0.765. The molecule has 15 heavy (non-hydrogen) atoms. The molecule has 1 unspecified atom stereocenters. The SMILES string of the molecule is Cc1c(O)ccc(NCC(O)CO)c1C. The van der Waals surface area contributed by atoms with Crippen LogP contribution in [0.4, 0.5) is 5.69 Å². The van der Waals surface area contributed by atoms with Crippen LogP contribution in [-0.4, -0.2) is 34.6 Å². The summed E-state index contributed by atoms with van der Waals surface area (Å²) in [5.74, 6) is 0.265. The molecule has 4 nitrogen and oxygen atoms in total. The van der Waals surface area contributed by atoms with Crippen LogP contribution in [0, 0.1) is 13.8 Å². The first kappa shape index (κ1) is 11.8. The molecule has 0 aromatic heterocycles. The highest BCUT2D eigenvalue weighted by atomic mass is 16.3. The second-order valence-electron chi connectivity index (χ2n) is 3.60. The molecule has 0 aliphatic rings. The molecule has 0 spiro atoms. The lowest BCUT2D eigenvalue weighted by atomic mass is 10.1. The first-order chi connectivity index (χ1) is 7.06. The highest BCUT2D eigenvalue weighted by Gasteiger charge is 2.06. The number of aliphatic hydroxyl groups excluding tert-OH is 2. The first-order valence-electron chi connectivity index (χ1n) is 4.88. The zero-order valence-electron chi connectivity index (χ0n) is 8.99. The highest BCUT2D eigenvalue weighted by Crippen LogP contribution is 2.26. The van der Waals surface area contributed by atoms with Gasteiger partial charge < -0.3 is 20.6 Å². The Kier molecular flexibility index (Phi) is 3.94. The van der Waals surface area contributed by atoms with Crippen molar-refractivity contribution in [2.75, 3.05) is 18.5 Å². The zero-order chi connectivity index (χ0) is 11.4. The van der Waals surface area contributed by atoms with E-state index in [0.29, 0.717) is 6.54 Å². The first-order valence-corrected chi connectivity index (χ1v) is 4.88. The molecule has 4 heteroatoms. The molecule has 1 atom stereocenters. The summed E-state index contributed by atoms with van der Waals surface area (Å²) in [6, 6.07) is 3.36. The van der Waals surface area contributed by atoms with Gasteiger partial charge in [-0.1, -0.05) is 0 Å². The third-order valence-corrected chi connectivity index (χ3v) is 2.50. The Bertz CT molecular complexity index is 339. The van der Waals surface area contributed by atoms with Gasteiger partial charge in [-0.05, 0) is 37.1 Å². The average Bonchev–Trinajstić information content (AvgIpc) is 2.24. The molecule has 0 amide bonds. The van der Waals surface area contributed by atoms with Gasteiger partial charge in [-0.15, -0.1) is 0 Å². The number of hydrogen-bond donors (Lipinski definition) is 4. The van der Waals surface area contributed by atoms with Crippen molar-refractivity contribution in [2.24, 2.45) is 0 Å². The zero-order valence-corrected chi connectivity index (χ0v) is 8.99. The molecule has 0 fully saturated rings. The minimum Gasteiger partial charge on any atom is -0.508 e. The number of rotatable bonds is 4. The number of phenols is 1. The van der Waals surface area contributed by atoms with E-state index in [1.165, 1.54) is 0 Å². The van der Waals surface area contributed by atoms with Gasteiger partial charge >= 0.3 is 0 Å². The van der Waals surface area contributed by atoms with E-state index >= 15 is 0 Å². The molecule has 0 saturated carbocycles. The number of phenolic OH excluding ortho intramolecular Hbond substituents is 1. The summed E-state index contributed by atoms with van der Waals surface area (Å²) in [6.45, 7) is 3.76. The molecule has 0 radical (unpaired) electrons. The van der Waals surface area contributed by atoms with Gasteiger partial charge in [-0.3, -0.25) is 0 Å². The lowest BCUT2D eigenvalue weighted by molar-refractivity contribution is 0.105. The van der Waals surface area contributed by atoms with E-state index in [1.807, 2.05) is 13.8 Å². The van der Waals surface area contributed by atoms with Crippen LogP contribution in [0.1, 0.15) is 11.1 Å². The Labute approximate surface area is 89.2 Å². The van der Waals surface area contributed by atoms with E-state index in [2.05, 4.69) is 5.32 Å². The van der Waals surface area contributed by atoms with Crippen molar-refractivity contribution in [1.82, 2.24) is 0 Å². The van der Waals surface area contributed by atoms with Gasteiger partial charge in [0.2, 0.25) is 0 Å². The van der Waals surface area contributed by atoms with Gasteiger partial charge in [-0.25, -0.2) is 0 Å². The molecule has 84 valence electrons. The van der Waals surface area contributed by atoms with Gasteiger partial charge in [0.25, 0.3) is 0 Å². The minimum absolute atomic E-state index is 0.261. The summed E-state index contributed by atoms with van der Waals surface area (Å²) >= 11 is 0. The molecule has 0 saturated heterocycles. The van der Waals surface area contributed by atoms with E-state index < -0.39 is 6.10 Å². The lowest BCUT2D eigenvalue weighted by Gasteiger charge is -2.14. The van der Waals surface area contributed by atoms with E-state index in [4.69, 9.17) is 5.11 Å². The van der Waals surface area contributed by atoms with Crippen LogP contribution in [0.25, 0.3) is 0 Å². The van der Waals surface area contributed by atoms with Gasteiger partial charge in [-0.2, -0.15) is 0 Å². The average molecular weight is 211 g/mol. The van der Waals surface area contributed by atoms with E-state index in [1.54, 1.807) is 12.1 Å². The number of aliphatic hydroxyl groups is 2. The predicted molar refractivity (Wildman–Crippen MR) is 59.2 cm³/mol. The molecular formula is C11H17NO3. The van der Waals surface area contributed by atoms with Crippen molar-refractivity contribution in [2.45, 2.75) is 20.0 Å². The monoisotopic (exact) mass is 211 g/mol. The van der Waals surface area contributed by atoms with E-state index in [-0.39, 0.29) is 12.4 Å². The van der Waals surface area contributed by atoms with Crippen molar-refractivity contribution in [3.63, 3.8) is 0 Å². The number of nitrogens with one attached hydrogen (secondary N) is 1. The van der Waals surface area contributed by atoms with Crippen LogP contribution in [0.5, 0.6) is 5.75 Å². The largest absolute Gasteiger partial charge is 0.508 e. The Morgan fingerprint density at radius 2 is 1.93 bits per heavy atom. The molecule has 1 aromatic carbocycles.